The maximum Gasteiger partial charge on any atom is 0.472 e. The molecular formula is C56H101NO7P+. The summed E-state index contributed by atoms with van der Waals surface area (Å²) in [4.78, 5) is 23.0. The first-order valence-corrected chi connectivity index (χ1v) is 27.8. The third-order valence-corrected chi connectivity index (χ3v) is 11.9. The zero-order valence-corrected chi connectivity index (χ0v) is 43.6. The van der Waals surface area contributed by atoms with Crippen LogP contribution in [-0.2, 0) is 27.9 Å². The summed E-state index contributed by atoms with van der Waals surface area (Å²) in [6, 6.07) is 0. The van der Waals surface area contributed by atoms with Crippen LogP contribution in [-0.4, -0.2) is 75.6 Å². The Bertz CT molecular complexity index is 1310. The second kappa shape index (κ2) is 48.1. The Morgan fingerprint density at radius 3 is 1.34 bits per heavy atom. The highest BCUT2D eigenvalue weighted by Crippen LogP contribution is 2.43. The zero-order valence-electron chi connectivity index (χ0n) is 42.7. The van der Waals surface area contributed by atoms with Crippen LogP contribution in [0.2, 0.25) is 0 Å². The number of ether oxygens (including phenoxy) is 2. The molecule has 8 nitrogen and oxygen atoms in total. The van der Waals surface area contributed by atoms with Gasteiger partial charge in [0.05, 0.1) is 34.4 Å². The van der Waals surface area contributed by atoms with E-state index in [4.69, 9.17) is 18.5 Å². The van der Waals surface area contributed by atoms with Crippen molar-refractivity contribution in [3.8, 4) is 0 Å². The van der Waals surface area contributed by atoms with Crippen molar-refractivity contribution in [2.45, 2.75) is 213 Å². The normalized spacial score (nSPS) is 14.2. The monoisotopic (exact) mass is 931 g/mol. The number of hydrogen-bond acceptors (Lipinski definition) is 6. The Hall–Kier alpha value is -2.32. The minimum Gasteiger partial charge on any atom is -0.457 e. The molecule has 0 radical (unpaired) electrons. The van der Waals surface area contributed by atoms with E-state index in [0.29, 0.717) is 24.1 Å². The smallest absolute Gasteiger partial charge is 0.457 e. The maximum atomic E-state index is 12.7. The number of phosphoric ester groups is 1. The summed E-state index contributed by atoms with van der Waals surface area (Å²) in [7, 11) is 1.64. The zero-order chi connectivity index (χ0) is 47.6. The van der Waals surface area contributed by atoms with Gasteiger partial charge in [0.2, 0.25) is 0 Å². The number of carbonyl (C=O) groups is 1. The van der Waals surface area contributed by atoms with Gasteiger partial charge < -0.3 is 18.9 Å². The van der Waals surface area contributed by atoms with E-state index in [0.717, 1.165) is 83.5 Å². The molecule has 0 rings (SSSR count). The lowest BCUT2D eigenvalue weighted by Gasteiger charge is -2.24. The molecule has 0 saturated heterocycles. The van der Waals surface area contributed by atoms with Gasteiger partial charge >= 0.3 is 13.8 Å². The summed E-state index contributed by atoms with van der Waals surface area (Å²) in [6.45, 7) is 5.45. The molecular weight excluding hydrogens is 830 g/mol. The highest BCUT2D eigenvalue weighted by molar-refractivity contribution is 7.47. The molecule has 376 valence electrons. The molecule has 0 aromatic rings. The predicted octanol–water partition coefficient (Wildman–Crippen LogP) is 16.4. The Kier molecular flexibility index (Phi) is 46.4. The molecule has 0 heterocycles. The van der Waals surface area contributed by atoms with Crippen molar-refractivity contribution in [2.75, 3.05) is 54.1 Å². The molecule has 65 heavy (non-hydrogen) atoms. The molecule has 0 aromatic carbocycles. The van der Waals surface area contributed by atoms with E-state index < -0.39 is 13.9 Å². The Balaban J connectivity index is 4.15. The van der Waals surface area contributed by atoms with Crippen LogP contribution >= 0.6 is 7.82 Å². The second-order valence-electron chi connectivity index (χ2n) is 18.5. The largest absolute Gasteiger partial charge is 0.472 e. The van der Waals surface area contributed by atoms with E-state index in [-0.39, 0.29) is 25.8 Å². The molecule has 0 spiro atoms. The third-order valence-electron chi connectivity index (χ3n) is 10.9. The van der Waals surface area contributed by atoms with Gasteiger partial charge in [-0.1, -0.05) is 195 Å². The van der Waals surface area contributed by atoms with E-state index in [2.05, 4.69) is 98.9 Å². The lowest BCUT2D eigenvalue weighted by molar-refractivity contribution is -0.870. The number of allylic oxidation sites excluding steroid dienone is 14. The van der Waals surface area contributed by atoms with E-state index in [1.807, 2.05) is 21.1 Å². The molecule has 9 heteroatoms. The van der Waals surface area contributed by atoms with Gasteiger partial charge in [-0.15, -0.1) is 0 Å². The SMILES string of the molecule is CC/C=C\C/C=C\C/C=C\C/C=C\CCCCCCC(=O)OC(COCCCCCCCCCCCCC/C=C\C/C=C\C/C=C\CCCCCCC)COP(=O)(O)OCC[N+](C)(C)C. The van der Waals surface area contributed by atoms with Gasteiger partial charge in [-0.25, -0.2) is 4.57 Å². The average Bonchev–Trinajstić information content (AvgIpc) is 3.27. The molecule has 0 saturated carbocycles. The number of hydrogen-bond donors (Lipinski definition) is 1. The molecule has 0 aliphatic carbocycles. The van der Waals surface area contributed by atoms with Crippen molar-refractivity contribution in [1.29, 1.82) is 0 Å². The van der Waals surface area contributed by atoms with Gasteiger partial charge in [0.1, 0.15) is 19.3 Å². The summed E-state index contributed by atoms with van der Waals surface area (Å²) < 4.78 is 35.1. The first-order chi connectivity index (χ1) is 31.6. The molecule has 0 bridgehead atoms. The first kappa shape index (κ1) is 62.7. The van der Waals surface area contributed by atoms with Crippen molar-refractivity contribution in [3.05, 3.63) is 85.1 Å². The lowest BCUT2D eigenvalue weighted by atomic mass is 10.1. The van der Waals surface area contributed by atoms with Crippen LogP contribution in [0.4, 0.5) is 0 Å². The summed E-state index contributed by atoms with van der Waals surface area (Å²) in [5.41, 5.74) is 0. The summed E-state index contributed by atoms with van der Waals surface area (Å²) in [6.07, 6.45) is 64.9. The molecule has 0 aromatic heterocycles. The minimum absolute atomic E-state index is 0.0787. The fourth-order valence-electron chi connectivity index (χ4n) is 6.90. The summed E-state index contributed by atoms with van der Waals surface area (Å²) in [5, 5.41) is 0. The molecule has 2 unspecified atom stereocenters. The maximum absolute atomic E-state index is 12.7. The van der Waals surface area contributed by atoms with Gasteiger partial charge in [-0.05, 0) is 89.9 Å². The topological polar surface area (TPSA) is 91.3 Å². The molecule has 0 aliphatic rings. The van der Waals surface area contributed by atoms with Crippen molar-refractivity contribution < 1.29 is 37.3 Å². The van der Waals surface area contributed by atoms with E-state index in [1.165, 1.54) is 103 Å². The van der Waals surface area contributed by atoms with E-state index in [1.54, 1.807) is 0 Å². The Morgan fingerprint density at radius 2 is 0.892 bits per heavy atom. The van der Waals surface area contributed by atoms with Crippen LogP contribution in [0.15, 0.2) is 85.1 Å². The molecule has 0 aliphatic heterocycles. The number of esters is 1. The fraction of sp³-hybridized carbons (Fsp3) is 0.732. The fourth-order valence-corrected chi connectivity index (χ4v) is 7.65. The number of likely N-dealkylation sites (N-methyl/N-ethyl adjacent to an activating group) is 1. The van der Waals surface area contributed by atoms with Crippen molar-refractivity contribution >= 4 is 13.8 Å². The van der Waals surface area contributed by atoms with Crippen LogP contribution < -0.4 is 0 Å². The van der Waals surface area contributed by atoms with Gasteiger partial charge in [0.25, 0.3) is 0 Å². The molecule has 2 atom stereocenters. The van der Waals surface area contributed by atoms with Crippen LogP contribution in [0.1, 0.15) is 206 Å². The molecule has 1 N–H and O–H groups in total. The van der Waals surface area contributed by atoms with E-state index in [9.17, 15) is 14.3 Å². The van der Waals surface area contributed by atoms with Crippen molar-refractivity contribution in [2.24, 2.45) is 0 Å². The Labute approximate surface area is 401 Å². The quantitative estimate of drug-likeness (QED) is 0.0214. The summed E-state index contributed by atoms with van der Waals surface area (Å²) in [5.74, 6) is -0.339. The predicted molar refractivity (Wildman–Crippen MR) is 279 cm³/mol. The number of rotatable bonds is 48. The van der Waals surface area contributed by atoms with Crippen LogP contribution in [0.3, 0.4) is 0 Å². The lowest BCUT2D eigenvalue weighted by Crippen LogP contribution is -2.37. The van der Waals surface area contributed by atoms with Crippen molar-refractivity contribution in [1.82, 2.24) is 0 Å². The highest BCUT2D eigenvalue weighted by Gasteiger charge is 2.26. The van der Waals surface area contributed by atoms with Gasteiger partial charge in [0, 0.05) is 13.0 Å². The third kappa shape index (κ3) is 52.5. The van der Waals surface area contributed by atoms with Gasteiger partial charge in [0.15, 0.2) is 0 Å². The average molecular weight is 931 g/mol. The number of quaternary nitrogens is 1. The van der Waals surface area contributed by atoms with Crippen molar-refractivity contribution in [3.63, 3.8) is 0 Å². The second-order valence-corrected chi connectivity index (χ2v) is 20.0. The summed E-state index contributed by atoms with van der Waals surface area (Å²) >= 11 is 0. The minimum atomic E-state index is -4.29. The number of nitrogens with zero attached hydrogens (tertiary/aromatic N) is 1. The van der Waals surface area contributed by atoms with Gasteiger partial charge in [-0.3, -0.25) is 13.8 Å². The van der Waals surface area contributed by atoms with Gasteiger partial charge in [-0.2, -0.15) is 0 Å². The van der Waals surface area contributed by atoms with E-state index >= 15 is 0 Å². The molecule has 0 fully saturated rings. The standard InChI is InChI=1S/C56H100NO7P/c1-6-8-10-12-14-16-18-20-22-24-25-26-27-28-29-30-31-32-34-36-38-40-42-44-46-48-51-61-53-55(54-63-65(59,60)62-52-50-57(3,4)5)64-56(58)49-47-45-43-41-39-37-35-33-23-21-19-17-15-13-11-9-7-2/h9,11,15,17-18,20-21,23-25,27-28,35,37,55H,6-8,10,12-14,16,19,22,26,29-34,36,38-54H2,1-5H3/p+1/b11-9-,17-15-,20-18-,23-21-,25-24-,28-27-,37-35-. The Morgan fingerprint density at radius 1 is 0.492 bits per heavy atom. The van der Waals surface area contributed by atoms with Crippen LogP contribution in [0.5, 0.6) is 0 Å². The molecule has 0 amide bonds. The highest BCUT2D eigenvalue weighted by atomic mass is 31.2. The number of carbonyl (C=O) groups excluding carboxylic acids is 1. The number of unbranched alkanes of at least 4 members (excludes halogenated alkanes) is 20. The first-order valence-electron chi connectivity index (χ1n) is 26.3. The number of phosphoric acid groups is 1. The van der Waals surface area contributed by atoms with Crippen LogP contribution in [0.25, 0.3) is 0 Å². The van der Waals surface area contributed by atoms with Crippen LogP contribution in [0, 0.1) is 0 Å².